The van der Waals surface area contributed by atoms with Gasteiger partial charge in [0.2, 0.25) is 0 Å². The summed E-state index contributed by atoms with van der Waals surface area (Å²) in [4.78, 5) is 11.7. The first kappa shape index (κ1) is 42.4. The summed E-state index contributed by atoms with van der Waals surface area (Å²) in [6.07, 6.45) is 11.1. The molecule has 2 aliphatic carbocycles. The molecule has 4 aromatic carbocycles. The molecule has 4 aromatic rings. The van der Waals surface area contributed by atoms with Gasteiger partial charge in [-0.15, -0.1) is 0 Å². The number of aryl methyl sites for hydroxylation is 2. The number of benzene rings is 4. The molecule has 0 heterocycles. The molecule has 0 aromatic heterocycles. The van der Waals surface area contributed by atoms with E-state index in [-0.39, 0.29) is 6.10 Å². The van der Waals surface area contributed by atoms with Crippen LogP contribution in [-0.4, -0.2) is 32.4 Å². The van der Waals surface area contributed by atoms with Crippen molar-refractivity contribution in [2.45, 2.75) is 119 Å². The van der Waals surface area contributed by atoms with Crippen molar-refractivity contribution in [3.8, 4) is 11.5 Å². The molecule has 0 N–H and O–H groups in total. The molecule has 2 fully saturated rings. The van der Waals surface area contributed by atoms with Crippen LogP contribution in [0.15, 0.2) is 66.7 Å². The summed E-state index contributed by atoms with van der Waals surface area (Å²) in [5.41, 5.74) is 3.96. The van der Waals surface area contributed by atoms with E-state index in [0.717, 1.165) is 58.8 Å². The van der Waals surface area contributed by atoms with E-state index in [1.54, 1.807) is 0 Å². The number of hydrogen-bond acceptors (Lipinski definition) is 3. The minimum atomic E-state index is -3.29. The molecular formula is C43H56Cl4O3Sn. The number of hydrogen-bond donors (Lipinski definition) is 0. The third kappa shape index (κ3) is 12.9. The fraction of sp³-hybridized carbons (Fsp3) is 0.512. The molecule has 0 spiro atoms. The van der Waals surface area contributed by atoms with Crippen LogP contribution in [0.1, 0.15) is 114 Å². The first-order valence-corrected chi connectivity index (χ1v) is 32.8. The zero-order chi connectivity index (χ0) is 37.6. The molecule has 0 aliphatic heterocycles. The van der Waals surface area contributed by atoms with Crippen molar-refractivity contribution >= 4 is 77.4 Å². The Morgan fingerprint density at radius 1 is 0.608 bits per heavy atom. The third-order valence-corrected chi connectivity index (χ3v) is 10.8. The predicted molar refractivity (Wildman–Crippen MR) is 224 cm³/mol. The standard InChI is InChI=1S/C22H28O2.C21H28O.4ClH.Sn/c1-15-13-21(20(14-23)19-8-6-5-7-18(15)19)24-17-11-9-16(10-12-17)22(2,3)4;1-15-13-19(14-16-7-5-6-8-20(15)16)22-18-11-9-17(10-12-18)21(2,3)4;;;;;/h5-8,13-14,16-17H,9-12H2,1-4H3;5-8,13-14,17-18H,9-12H2,1-4H3;4*1H;/q;;;;;;+4/p-4. The van der Waals surface area contributed by atoms with E-state index in [0.29, 0.717) is 22.5 Å². The van der Waals surface area contributed by atoms with Crippen LogP contribution in [0.25, 0.3) is 21.5 Å². The average Bonchev–Trinajstić information content (AvgIpc) is 3.04. The van der Waals surface area contributed by atoms with Crippen LogP contribution >= 0.6 is 35.7 Å². The normalized spacial score (nSPS) is 21.2. The summed E-state index contributed by atoms with van der Waals surface area (Å²) in [6, 6.07) is 23.0. The van der Waals surface area contributed by atoms with Crippen molar-refractivity contribution in [3.63, 3.8) is 0 Å². The summed E-state index contributed by atoms with van der Waals surface area (Å²) in [5.74, 6) is 3.39. The van der Waals surface area contributed by atoms with E-state index in [9.17, 15) is 4.79 Å². The van der Waals surface area contributed by atoms with Crippen molar-refractivity contribution in [2.24, 2.45) is 22.7 Å². The van der Waals surface area contributed by atoms with Crippen LogP contribution in [0, 0.1) is 36.5 Å². The van der Waals surface area contributed by atoms with Crippen LogP contribution in [0.4, 0.5) is 0 Å². The van der Waals surface area contributed by atoms with E-state index < -0.39 is 13.9 Å². The fourth-order valence-electron chi connectivity index (χ4n) is 7.77. The Balaban J connectivity index is 0.000000203. The van der Waals surface area contributed by atoms with Crippen LogP contribution in [0.5, 0.6) is 11.5 Å². The molecular weight excluding hydrogens is 825 g/mol. The van der Waals surface area contributed by atoms with Gasteiger partial charge in [-0.25, -0.2) is 0 Å². The number of carbonyl (C=O) groups excluding carboxylic acids is 1. The quantitative estimate of drug-likeness (QED) is 0.148. The number of ether oxygens (including phenoxy) is 2. The molecule has 6 rings (SSSR count). The summed E-state index contributed by atoms with van der Waals surface area (Å²) in [6.45, 7) is 18.3. The topological polar surface area (TPSA) is 35.5 Å². The molecule has 0 unspecified atom stereocenters. The van der Waals surface area contributed by atoms with E-state index in [1.807, 2.05) is 24.3 Å². The Hall–Kier alpha value is -1.37. The number of aldehydes is 1. The number of carbonyl (C=O) groups is 1. The Morgan fingerprint density at radius 2 is 1.04 bits per heavy atom. The molecule has 0 bridgehead atoms. The Labute approximate surface area is 325 Å². The van der Waals surface area contributed by atoms with Gasteiger partial charge in [-0.05, 0) is 139 Å². The van der Waals surface area contributed by atoms with E-state index >= 15 is 0 Å². The van der Waals surface area contributed by atoms with Crippen molar-refractivity contribution < 1.29 is 14.3 Å². The van der Waals surface area contributed by atoms with Gasteiger partial charge < -0.3 is 9.47 Å². The summed E-state index contributed by atoms with van der Waals surface area (Å²) < 4.78 is 12.6. The second-order valence-electron chi connectivity index (χ2n) is 16.6. The van der Waals surface area contributed by atoms with Gasteiger partial charge in [-0.2, -0.15) is 0 Å². The van der Waals surface area contributed by atoms with Gasteiger partial charge in [0, 0.05) is 0 Å². The van der Waals surface area contributed by atoms with Crippen LogP contribution in [0.3, 0.4) is 0 Å². The maximum absolute atomic E-state index is 11.7. The summed E-state index contributed by atoms with van der Waals surface area (Å²) >= 11 is -3.29. The van der Waals surface area contributed by atoms with Crippen molar-refractivity contribution in [3.05, 3.63) is 83.4 Å². The van der Waals surface area contributed by atoms with E-state index in [1.165, 1.54) is 54.9 Å². The molecule has 8 heteroatoms. The van der Waals surface area contributed by atoms with Crippen molar-refractivity contribution in [2.75, 3.05) is 0 Å². The first-order valence-electron chi connectivity index (χ1n) is 18.4. The van der Waals surface area contributed by atoms with Gasteiger partial charge in [0.15, 0.2) is 6.29 Å². The molecule has 278 valence electrons. The monoisotopic (exact) mass is 880 g/mol. The zero-order valence-electron chi connectivity index (χ0n) is 31.6. The Bertz CT molecular complexity index is 1730. The van der Waals surface area contributed by atoms with Crippen LogP contribution in [-0.2, 0) is 0 Å². The minimum absolute atomic E-state index is 0.225. The Morgan fingerprint density at radius 3 is 1.53 bits per heavy atom. The van der Waals surface area contributed by atoms with Crippen LogP contribution < -0.4 is 9.47 Å². The van der Waals surface area contributed by atoms with Crippen molar-refractivity contribution in [1.29, 1.82) is 0 Å². The number of halogens is 4. The van der Waals surface area contributed by atoms with Gasteiger partial charge in [-0.3, -0.25) is 4.79 Å². The van der Waals surface area contributed by atoms with Crippen molar-refractivity contribution in [1.82, 2.24) is 0 Å². The second-order valence-corrected chi connectivity index (χ2v) is 42.0. The van der Waals surface area contributed by atoms with Gasteiger partial charge >= 0.3 is 49.6 Å². The van der Waals surface area contributed by atoms with Crippen LogP contribution in [0.2, 0.25) is 0 Å². The van der Waals surface area contributed by atoms with E-state index in [4.69, 9.17) is 45.2 Å². The molecule has 51 heavy (non-hydrogen) atoms. The molecule has 0 amide bonds. The third-order valence-electron chi connectivity index (χ3n) is 10.8. The second kappa shape index (κ2) is 18.3. The number of fused-ring (bicyclic) bond motifs is 2. The molecule has 0 radical (unpaired) electrons. The molecule has 2 saturated carbocycles. The van der Waals surface area contributed by atoms with Gasteiger partial charge in [0.1, 0.15) is 11.5 Å². The summed E-state index contributed by atoms with van der Waals surface area (Å²) in [5, 5.41) is 4.72. The first-order chi connectivity index (χ1) is 23.8. The molecule has 0 atom stereocenters. The Kier molecular flexibility index (Phi) is 15.2. The molecule has 2 aliphatic rings. The fourth-order valence-corrected chi connectivity index (χ4v) is 7.77. The van der Waals surface area contributed by atoms with Gasteiger partial charge in [-0.1, -0.05) is 90.1 Å². The van der Waals surface area contributed by atoms with Gasteiger partial charge in [0.05, 0.1) is 17.8 Å². The predicted octanol–water partition coefficient (Wildman–Crippen LogP) is 14.5. The summed E-state index contributed by atoms with van der Waals surface area (Å²) in [7, 11) is 20.1. The van der Waals surface area contributed by atoms with Gasteiger partial charge in [0.25, 0.3) is 0 Å². The zero-order valence-corrected chi connectivity index (χ0v) is 37.5. The SMILES string of the molecule is Cc1cc(OC2CCC(C(C)(C)C)CC2)c(C=O)c2ccccc12.Cc1cc(OC2CCC(C(C)(C)C)CC2)cc2ccccc12.[Cl][Sn]([Cl])([Cl])[Cl]. The molecule has 0 saturated heterocycles. The maximum atomic E-state index is 11.7. The number of rotatable bonds is 5. The average molecular weight is 881 g/mol. The van der Waals surface area contributed by atoms with E-state index in [2.05, 4.69) is 97.9 Å². The molecule has 3 nitrogen and oxygen atoms in total.